The number of hydrogen-bond donors (Lipinski definition) is 2. The number of nitrogens with zero attached hydrogens (tertiary/aromatic N) is 4. The number of anilines is 2. The minimum atomic E-state index is -0.728. The number of methoxy groups -OCH3 is 1. The van der Waals surface area contributed by atoms with E-state index in [1.807, 2.05) is 49.1 Å². The zero-order valence-corrected chi connectivity index (χ0v) is 20.5. The summed E-state index contributed by atoms with van der Waals surface area (Å²) in [6.45, 7) is 6.36. The van der Waals surface area contributed by atoms with Crippen LogP contribution in [0, 0.1) is 5.92 Å². The summed E-state index contributed by atoms with van der Waals surface area (Å²) in [6, 6.07) is 9.22. The first-order valence-electron chi connectivity index (χ1n) is 11.7. The van der Waals surface area contributed by atoms with E-state index in [9.17, 15) is 19.2 Å². The SMILES string of the molecule is COCCN(C(=O)CN1CCN(C(=O)C(C)C)CC1)c1c(N)n(Cc2ccccc2)c(=O)[nH]c1=O. The first-order chi connectivity index (χ1) is 16.7. The molecule has 1 aliphatic rings. The van der Waals surface area contributed by atoms with Crippen LogP contribution in [-0.4, -0.2) is 84.2 Å². The Bertz CT molecular complexity index is 1140. The van der Waals surface area contributed by atoms with Crippen molar-refractivity contribution in [3.63, 3.8) is 0 Å². The number of piperazine rings is 1. The molecule has 3 rings (SSSR count). The molecule has 0 spiro atoms. The maximum Gasteiger partial charge on any atom is 0.330 e. The number of H-pyrrole nitrogens is 1. The summed E-state index contributed by atoms with van der Waals surface area (Å²) in [5.74, 6) is -0.404. The van der Waals surface area contributed by atoms with Crippen molar-refractivity contribution in [1.29, 1.82) is 0 Å². The van der Waals surface area contributed by atoms with Gasteiger partial charge in [-0.15, -0.1) is 0 Å². The van der Waals surface area contributed by atoms with Crippen LogP contribution in [0.4, 0.5) is 11.5 Å². The maximum absolute atomic E-state index is 13.4. The molecular weight excluding hydrogens is 452 g/mol. The van der Waals surface area contributed by atoms with Gasteiger partial charge < -0.3 is 20.3 Å². The van der Waals surface area contributed by atoms with Gasteiger partial charge in [0.05, 0.1) is 19.7 Å². The first kappa shape index (κ1) is 26.2. The Morgan fingerprint density at radius 1 is 1.11 bits per heavy atom. The summed E-state index contributed by atoms with van der Waals surface area (Å²) in [5, 5.41) is 0. The van der Waals surface area contributed by atoms with E-state index in [4.69, 9.17) is 10.5 Å². The van der Waals surface area contributed by atoms with E-state index >= 15 is 0 Å². The van der Waals surface area contributed by atoms with Gasteiger partial charge >= 0.3 is 5.69 Å². The lowest BCUT2D eigenvalue weighted by atomic mass is 10.1. The molecule has 0 atom stereocenters. The molecule has 11 heteroatoms. The van der Waals surface area contributed by atoms with Crippen LogP contribution in [0.3, 0.4) is 0 Å². The molecule has 2 aromatic rings. The fourth-order valence-electron chi connectivity index (χ4n) is 4.07. The van der Waals surface area contributed by atoms with Gasteiger partial charge in [0.15, 0.2) is 5.69 Å². The van der Waals surface area contributed by atoms with Crippen molar-refractivity contribution in [2.75, 3.05) is 63.6 Å². The molecule has 0 unspecified atom stereocenters. The fraction of sp³-hybridized carbons (Fsp3) is 0.500. The summed E-state index contributed by atoms with van der Waals surface area (Å²) in [4.78, 5) is 58.3. The lowest BCUT2D eigenvalue weighted by molar-refractivity contribution is -0.136. The van der Waals surface area contributed by atoms with E-state index in [2.05, 4.69) is 4.98 Å². The van der Waals surface area contributed by atoms with Crippen molar-refractivity contribution in [2.24, 2.45) is 5.92 Å². The number of aromatic nitrogens is 2. The van der Waals surface area contributed by atoms with Crippen LogP contribution in [0.15, 0.2) is 39.9 Å². The zero-order chi connectivity index (χ0) is 25.5. The summed E-state index contributed by atoms with van der Waals surface area (Å²) >= 11 is 0. The highest BCUT2D eigenvalue weighted by molar-refractivity contribution is 5.96. The molecule has 0 radical (unpaired) electrons. The van der Waals surface area contributed by atoms with E-state index in [0.717, 1.165) is 5.56 Å². The van der Waals surface area contributed by atoms with E-state index in [0.29, 0.717) is 26.2 Å². The van der Waals surface area contributed by atoms with Crippen molar-refractivity contribution in [3.05, 3.63) is 56.7 Å². The van der Waals surface area contributed by atoms with E-state index in [-0.39, 0.29) is 55.5 Å². The third-order valence-corrected chi connectivity index (χ3v) is 6.02. The second-order valence-electron chi connectivity index (χ2n) is 8.86. The molecule has 2 amide bonds. The number of nitrogen functional groups attached to an aromatic ring is 1. The number of rotatable bonds is 9. The van der Waals surface area contributed by atoms with Crippen molar-refractivity contribution >= 4 is 23.3 Å². The molecule has 1 aliphatic heterocycles. The number of nitrogens with two attached hydrogens (primary N) is 1. The number of amides is 2. The maximum atomic E-state index is 13.4. The van der Waals surface area contributed by atoms with Gasteiger partial charge in [-0.2, -0.15) is 0 Å². The standard InChI is InChI=1S/C24H34N6O5/c1-17(2)23(33)28-11-9-27(10-12-28)16-19(31)29(13-14-35-3)20-21(25)30(24(34)26-22(20)32)15-18-7-5-4-6-8-18/h4-8,17H,9-16,25H2,1-3H3,(H,26,32,34). The van der Waals surface area contributed by atoms with Crippen molar-refractivity contribution < 1.29 is 14.3 Å². The van der Waals surface area contributed by atoms with Crippen molar-refractivity contribution in [1.82, 2.24) is 19.4 Å². The van der Waals surface area contributed by atoms with Gasteiger partial charge in [0.1, 0.15) is 5.82 Å². The molecule has 1 fully saturated rings. The van der Waals surface area contributed by atoms with Gasteiger partial charge in [-0.1, -0.05) is 44.2 Å². The Kier molecular flexibility index (Phi) is 8.83. The van der Waals surface area contributed by atoms with E-state index in [1.54, 1.807) is 4.90 Å². The normalized spacial score (nSPS) is 14.3. The Labute approximate surface area is 204 Å². The largest absolute Gasteiger partial charge is 0.383 e. The number of hydrogen-bond acceptors (Lipinski definition) is 7. The number of benzene rings is 1. The van der Waals surface area contributed by atoms with Crippen LogP contribution in [0.1, 0.15) is 19.4 Å². The molecule has 0 saturated carbocycles. The number of carbonyl (C=O) groups is 2. The molecule has 11 nitrogen and oxygen atoms in total. The van der Waals surface area contributed by atoms with Gasteiger partial charge in [-0.3, -0.25) is 28.8 Å². The average molecular weight is 487 g/mol. The van der Waals surface area contributed by atoms with Gasteiger partial charge in [0.2, 0.25) is 11.8 Å². The molecule has 3 N–H and O–H groups in total. The molecular formula is C24H34N6O5. The number of carbonyl (C=O) groups excluding carboxylic acids is 2. The molecule has 0 bridgehead atoms. The first-order valence-corrected chi connectivity index (χ1v) is 11.7. The predicted molar refractivity (Wildman–Crippen MR) is 133 cm³/mol. The third-order valence-electron chi connectivity index (χ3n) is 6.02. The van der Waals surface area contributed by atoms with Gasteiger partial charge in [0.25, 0.3) is 5.56 Å². The lowest BCUT2D eigenvalue weighted by Crippen LogP contribution is -2.53. The van der Waals surface area contributed by atoms with E-state index in [1.165, 1.54) is 16.6 Å². The predicted octanol–water partition coefficient (Wildman–Crippen LogP) is -0.0533. The Balaban J connectivity index is 1.83. The van der Waals surface area contributed by atoms with Crippen LogP contribution in [0.5, 0.6) is 0 Å². The van der Waals surface area contributed by atoms with Gasteiger partial charge in [-0.25, -0.2) is 4.79 Å². The van der Waals surface area contributed by atoms with E-state index < -0.39 is 11.2 Å². The van der Waals surface area contributed by atoms with Crippen LogP contribution < -0.4 is 21.9 Å². The molecule has 190 valence electrons. The van der Waals surface area contributed by atoms with Crippen LogP contribution in [0.2, 0.25) is 0 Å². The quantitative estimate of drug-likeness (QED) is 0.507. The Morgan fingerprint density at radius 2 is 1.77 bits per heavy atom. The second-order valence-corrected chi connectivity index (χ2v) is 8.86. The molecule has 2 heterocycles. The molecule has 1 saturated heterocycles. The third kappa shape index (κ3) is 6.37. The summed E-state index contributed by atoms with van der Waals surface area (Å²) < 4.78 is 6.40. The topological polar surface area (TPSA) is 134 Å². The van der Waals surface area contributed by atoms with Crippen LogP contribution >= 0.6 is 0 Å². The number of ether oxygens (including phenoxy) is 1. The highest BCUT2D eigenvalue weighted by Crippen LogP contribution is 2.19. The van der Waals surface area contributed by atoms with Gasteiger partial charge in [-0.05, 0) is 5.56 Å². The molecule has 1 aromatic heterocycles. The Hall–Kier alpha value is -3.44. The highest BCUT2D eigenvalue weighted by atomic mass is 16.5. The Morgan fingerprint density at radius 3 is 2.37 bits per heavy atom. The summed E-state index contributed by atoms with van der Waals surface area (Å²) in [5.41, 5.74) is 5.68. The summed E-state index contributed by atoms with van der Waals surface area (Å²) in [7, 11) is 1.50. The zero-order valence-electron chi connectivity index (χ0n) is 20.5. The fourth-order valence-corrected chi connectivity index (χ4v) is 4.07. The molecule has 1 aromatic carbocycles. The van der Waals surface area contributed by atoms with Crippen LogP contribution in [-0.2, 0) is 20.9 Å². The number of aromatic amines is 1. The minimum absolute atomic E-state index is 0.0457. The molecule has 0 aliphatic carbocycles. The molecule has 35 heavy (non-hydrogen) atoms. The highest BCUT2D eigenvalue weighted by Gasteiger charge is 2.28. The lowest BCUT2D eigenvalue weighted by Gasteiger charge is -2.36. The average Bonchev–Trinajstić information content (AvgIpc) is 2.84. The minimum Gasteiger partial charge on any atom is -0.383 e. The van der Waals surface area contributed by atoms with Gasteiger partial charge in [0, 0.05) is 45.8 Å². The van der Waals surface area contributed by atoms with Crippen LogP contribution in [0.25, 0.3) is 0 Å². The second kappa shape index (κ2) is 11.8. The number of nitrogens with one attached hydrogen (secondary N) is 1. The van der Waals surface area contributed by atoms with Crippen molar-refractivity contribution in [2.45, 2.75) is 20.4 Å². The monoisotopic (exact) mass is 486 g/mol. The van der Waals surface area contributed by atoms with Crippen molar-refractivity contribution in [3.8, 4) is 0 Å². The summed E-state index contributed by atoms with van der Waals surface area (Å²) in [6.07, 6.45) is 0. The smallest absolute Gasteiger partial charge is 0.330 e.